The SMILES string of the molecule is CCOc1cc2c(cc1CNC(=O)CCc1c(C)nc(N3CCOCC3)[nH]c1=O)OC(C)C2. The minimum Gasteiger partial charge on any atom is -0.494 e. The Kier molecular flexibility index (Phi) is 7.17. The van der Waals surface area contributed by atoms with Crippen LogP contribution in [-0.2, 0) is 28.9 Å². The van der Waals surface area contributed by atoms with Gasteiger partial charge in [-0.05, 0) is 39.3 Å². The van der Waals surface area contributed by atoms with E-state index in [1.165, 1.54) is 0 Å². The molecule has 1 amide bonds. The number of hydrogen-bond donors (Lipinski definition) is 2. The highest BCUT2D eigenvalue weighted by Crippen LogP contribution is 2.35. The lowest BCUT2D eigenvalue weighted by molar-refractivity contribution is -0.121. The van der Waals surface area contributed by atoms with Crippen molar-refractivity contribution in [3.8, 4) is 11.5 Å². The summed E-state index contributed by atoms with van der Waals surface area (Å²) in [6.07, 6.45) is 1.52. The van der Waals surface area contributed by atoms with Crippen LogP contribution < -0.4 is 25.2 Å². The van der Waals surface area contributed by atoms with E-state index in [0.717, 1.165) is 29.0 Å². The van der Waals surface area contributed by atoms with Crippen LogP contribution in [-0.4, -0.2) is 54.9 Å². The zero-order valence-electron chi connectivity index (χ0n) is 19.5. The number of aryl methyl sites for hydroxylation is 1. The predicted molar refractivity (Wildman–Crippen MR) is 124 cm³/mol. The van der Waals surface area contributed by atoms with Crippen LogP contribution in [0.1, 0.15) is 42.7 Å². The number of rotatable bonds is 8. The maximum atomic E-state index is 12.6. The summed E-state index contributed by atoms with van der Waals surface area (Å²) in [7, 11) is 0. The second-order valence-corrected chi connectivity index (χ2v) is 8.46. The molecule has 0 spiro atoms. The number of benzene rings is 1. The van der Waals surface area contributed by atoms with Gasteiger partial charge in [-0.15, -0.1) is 0 Å². The van der Waals surface area contributed by atoms with Gasteiger partial charge >= 0.3 is 0 Å². The number of nitrogens with one attached hydrogen (secondary N) is 2. The van der Waals surface area contributed by atoms with Gasteiger partial charge in [0.05, 0.1) is 19.8 Å². The molecule has 3 heterocycles. The first kappa shape index (κ1) is 23.1. The molecule has 1 unspecified atom stereocenters. The van der Waals surface area contributed by atoms with Crippen molar-refractivity contribution >= 4 is 11.9 Å². The molecule has 9 heteroatoms. The number of aromatic amines is 1. The molecule has 1 aromatic carbocycles. The van der Waals surface area contributed by atoms with E-state index in [1.54, 1.807) is 0 Å². The molecule has 0 radical (unpaired) electrons. The highest BCUT2D eigenvalue weighted by molar-refractivity contribution is 5.76. The van der Waals surface area contributed by atoms with Gasteiger partial charge in [-0.3, -0.25) is 14.6 Å². The first-order valence-electron chi connectivity index (χ1n) is 11.6. The number of nitrogens with zero attached hydrogens (tertiary/aromatic N) is 2. The van der Waals surface area contributed by atoms with E-state index in [9.17, 15) is 9.59 Å². The summed E-state index contributed by atoms with van der Waals surface area (Å²) in [5.41, 5.74) is 3.00. The van der Waals surface area contributed by atoms with E-state index < -0.39 is 0 Å². The number of amides is 1. The molecule has 2 aliphatic heterocycles. The van der Waals surface area contributed by atoms with E-state index >= 15 is 0 Å². The Hall–Kier alpha value is -3.07. The number of H-pyrrole nitrogens is 1. The van der Waals surface area contributed by atoms with Crippen molar-refractivity contribution < 1.29 is 19.0 Å². The molecular weight excluding hydrogens is 424 g/mol. The fourth-order valence-corrected chi connectivity index (χ4v) is 4.25. The molecule has 33 heavy (non-hydrogen) atoms. The highest BCUT2D eigenvalue weighted by Gasteiger charge is 2.22. The normalized spacial score (nSPS) is 17.4. The lowest BCUT2D eigenvalue weighted by Gasteiger charge is -2.27. The Morgan fingerprint density at radius 1 is 1.33 bits per heavy atom. The van der Waals surface area contributed by atoms with Gasteiger partial charge in [0.25, 0.3) is 5.56 Å². The molecule has 0 bridgehead atoms. The average Bonchev–Trinajstić information content (AvgIpc) is 3.16. The lowest BCUT2D eigenvalue weighted by atomic mass is 10.1. The molecule has 178 valence electrons. The van der Waals surface area contributed by atoms with Crippen molar-refractivity contribution in [2.24, 2.45) is 0 Å². The number of anilines is 1. The first-order chi connectivity index (χ1) is 15.9. The van der Waals surface area contributed by atoms with Crippen molar-refractivity contribution in [1.82, 2.24) is 15.3 Å². The van der Waals surface area contributed by atoms with Crippen molar-refractivity contribution in [2.75, 3.05) is 37.8 Å². The fourth-order valence-electron chi connectivity index (χ4n) is 4.25. The van der Waals surface area contributed by atoms with Gasteiger partial charge in [-0.1, -0.05) is 0 Å². The minimum atomic E-state index is -0.194. The maximum absolute atomic E-state index is 12.6. The van der Waals surface area contributed by atoms with Crippen molar-refractivity contribution in [3.05, 3.63) is 44.9 Å². The lowest BCUT2D eigenvalue weighted by Crippen LogP contribution is -2.38. The number of carbonyl (C=O) groups excluding carboxylic acids is 1. The third-order valence-corrected chi connectivity index (χ3v) is 5.98. The molecule has 1 fully saturated rings. The zero-order chi connectivity index (χ0) is 23.4. The number of hydrogen-bond acceptors (Lipinski definition) is 7. The molecule has 2 N–H and O–H groups in total. The zero-order valence-corrected chi connectivity index (χ0v) is 19.5. The molecule has 9 nitrogen and oxygen atoms in total. The van der Waals surface area contributed by atoms with Gasteiger partial charge in [0.1, 0.15) is 17.6 Å². The van der Waals surface area contributed by atoms with E-state index in [-0.39, 0.29) is 24.0 Å². The molecule has 0 saturated carbocycles. The Balaban J connectivity index is 1.36. The summed E-state index contributed by atoms with van der Waals surface area (Å²) < 4.78 is 17.0. The number of morpholine rings is 1. The summed E-state index contributed by atoms with van der Waals surface area (Å²) in [6, 6.07) is 3.96. The maximum Gasteiger partial charge on any atom is 0.255 e. The highest BCUT2D eigenvalue weighted by atomic mass is 16.5. The van der Waals surface area contributed by atoms with Crippen LogP contribution in [0.25, 0.3) is 0 Å². The Morgan fingerprint density at radius 3 is 2.85 bits per heavy atom. The van der Waals surface area contributed by atoms with E-state index in [4.69, 9.17) is 14.2 Å². The third kappa shape index (κ3) is 5.47. The topological polar surface area (TPSA) is 106 Å². The van der Waals surface area contributed by atoms with Crippen LogP contribution in [0.5, 0.6) is 11.5 Å². The van der Waals surface area contributed by atoms with Crippen LogP contribution in [0.3, 0.4) is 0 Å². The van der Waals surface area contributed by atoms with Crippen LogP contribution in [0.15, 0.2) is 16.9 Å². The molecule has 2 aliphatic rings. The third-order valence-electron chi connectivity index (χ3n) is 5.98. The molecule has 4 rings (SSSR count). The number of ether oxygens (including phenoxy) is 3. The summed E-state index contributed by atoms with van der Waals surface area (Å²) in [5, 5.41) is 2.94. The fraction of sp³-hybridized carbons (Fsp3) is 0.542. The van der Waals surface area contributed by atoms with Gasteiger partial charge in [-0.2, -0.15) is 0 Å². The predicted octanol–water partition coefficient (Wildman–Crippen LogP) is 1.89. The van der Waals surface area contributed by atoms with E-state index in [1.807, 2.05) is 37.8 Å². The van der Waals surface area contributed by atoms with E-state index in [0.29, 0.717) is 63.1 Å². The summed E-state index contributed by atoms with van der Waals surface area (Å²) in [4.78, 5) is 34.6. The Morgan fingerprint density at radius 2 is 2.12 bits per heavy atom. The van der Waals surface area contributed by atoms with Gasteiger partial charge in [-0.25, -0.2) is 4.98 Å². The smallest absolute Gasteiger partial charge is 0.255 e. The van der Waals surface area contributed by atoms with Crippen LogP contribution in [0.4, 0.5) is 5.95 Å². The molecule has 1 aromatic heterocycles. The average molecular weight is 457 g/mol. The Labute approximate surface area is 193 Å². The van der Waals surface area contributed by atoms with Crippen LogP contribution >= 0.6 is 0 Å². The summed E-state index contributed by atoms with van der Waals surface area (Å²) in [5.74, 6) is 2.04. The standard InChI is InChI=1S/C24H32N4O5/c1-4-32-20-12-17-11-15(2)33-21(17)13-18(20)14-25-22(29)6-5-19-16(3)26-24(27-23(19)30)28-7-9-31-10-8-28/h12-13,15H,4-11,14H2,1-3H3,(H,25,29)(H,26,27,30). The molecule has 0 aliphatic carbocycles. The van der Waals surface area contributed by atoms with Crippen molar-refractivity contribution in [2.45, 2.75) is 52.7 Å². The van der Waals surface area contributed by atoms with Gasteiger partial charge in [0, 0.05) is 54.9 Å². The second kappa shape index (κ2) is 10.2. The molecule has 1 atom stereocenters. The molecular formula is C24H32N4O5. The van der Waals surface area contributed by atoms with Crippen molar-refractivity contribution in [1.29, 1.82) is 0 Å². The largest absolute Gasteiger partial charge is 0.494 e. The summed E-state index contributed by atoms with van der Waals surface area (Å²) in [6.45, 7) is 9.29. The quantitative estimate of drug-likeness (QED) is 0.625. The number of carbonyl (C=O) groups is 1. The molecule has 2 aromatic rings. The Bertz CT molecular complexity index is 1060. The monoisotopic (exact) mass is 456 g/mol. The summed E-state index contributed by atoms with van der Waals surface area (Å²) >= 11 is 0. The van der Waals surface area contributed by atoms with Gasteiger partial charge in [0.2, 0.25) is 11.9 Å². The second-order valence-electron chi connectivity index (χ2n) is 8.46. The van der Waals surface area contributed by atoms with Crippen LogP contribution in [0, 0.1) is 6.92 Å². The van der Waals surface area contributed by atoms with E-state index in [2.05, 4.69) is 15.3 Å². The van der Waals surface area contributed by atoms with Crippen molar-refractivity contribution in [3.63, 3.8) is 0 Å². The van der Waals surface area contributed by atoms with Gasteiger partial charge < -0.3 is 24.4 Å². The number of fused-ring (bicyclic) bond motifs is 1. The van der Waals surface area contributed by atoms with Gasteiger partial charge in [0.15, 0.2) is 0 Å². The first-order valence-corrected chi connectivity index (χ1v) is 11.6. The minimum absolute atomic E-state index is 0.136. The number of aromatic nitrogens is 2. The van der Waals surface area contributed by atoms with Crippen LogP contribution in [0.2, 0.25) is 0 Å². The molecule has 1 saturated heterocycles.